The molecule has 0 aromatic heterocycles. The average Bonchev–Trinajstić information content (AvgIpc) is 2.40. The number of ether oxygens (including phenoxy) is 2. The van der Waals surface area contributed by atoms with Crippen molar-refractivity contribution >= 4 is 16.2 Å². The highest BCUT2D eigenvalue weighted by atomic mass is 32.2. The van der Waals surface area contributed by atoms with E-state index < -0.39 is 16.2 Å². The van der Waals surface area contributed by atoms with E-state index in [1.165, 1.54) is 6.92 Å². The van der Waals surface area contributed by atoms with Crippen LogP contribution in [0.1, 0.15) is 20.8 Å². The largest absolute Gasteiger partial charge is 0.409 e. The van der Waals surface area contributed by atoms with Gasteiger partial charge in [0.1, 0.15) is 12.3 Å². The van der Waals surface area contributed by atoms with Crippen LogP contribution in [0, 0.1) is 0 Å². The summed E-state index contributed by atoms with van der Waals surface area (Å²) >= 11 is 0. The standard InChI is InChI=1S/C10H24NO2.C4H5NO4S/c1-5-11(3,4)7-8-13-10-9-12-6-2;1-3-2-4(6)5-10(7,8)9-3/h5-10H2,1-4H3;2H,1H3,(H,5,6)/q+1;. The first-order valence-electron chi connectivity index (χ1n) is 7.54. The van der Waals surface area contributed by atoms with Gasteiger partial charge >= 0.3 is 10.3 Å². The molecule has 136 valence electrons. The minimum absolute atomic E-state index is 0.0729. The van der Waals surface area contributed by atoms with E-state index in [9.17, 15) is 13.2 Å². The van der Waals surface area contributed by atoms with Crippen LogP contribution in [-0.4, -0.2) is 72.4 Å². The van der Waals surface area contributed by atoms with E-state index >= 15 is 0 Å². The molecule has 9 heteroatoms. The van der Waals surface area contributed by atoms with Crippen LogP contribution >= 0.6 is 0 Å². The molecule has 0 spiro atoms. The van der Waals surface area contributed by atoms with Crippen molar-refractivity contribution in [3.05, 3.63) is 11.8 Å². The van der Waals surface area contributed by atoms with Gasteiger partial charge in [0, 0.05) is 12.7 Å². The SMILES string of the molecule is CC1=CC(=O)NS(=O)(=O)O1.CCOCCOCC[N+](C)(C)CC. The normalized spacial score (nSPS) is 16.6. The highest BCUT2D eigenvalue weighted by Gasteiger charge is 2.20. The van der Waals surface area contributed by atoms with Crippen molar-refractivity contribution in [3.8, 4) is 0 Å². The van der Waals surface area contributed by atoms with Crippen LogP contribution in [0.25, 0.3) is 0 Å². The van der Waals surface area contributed by atoms with Gasteiger partial charge < -0.3 is 18.1 Å². The lowest BCUT2D eigenvalue weighted by atomic mass is 10.4. The first kappa shape index (κ1) is 21.8. The van der Waals surface area contributed by atoms with E-state index in [0.29, 0.717) is 0 Å². The number of carbonyl (C=O) groups is 1. The van der Waals surface area contributed by atoms with E-state index in [-0.39, 0.29) is 5.76 Å². The number of quaternary nitrogens is 1. The van der Waals surface area contributed by atoms with Gasteiger partial charge in [-0.05, 0) is 20.8 Å². The van der Waals surface area contributed by atoms with Crippen LogP contribution in [0.15, 0.2) is 11.8 Å². The molecule has 0 aliphatic carbocycles. The van der Waals surface area contributed by atoms with Crippen LogP contribution < -0.4 is 4.72 Å². The summed E-state index contributed by atoms with van der Waals surface area (Å²) in [7, 11) is 0.579. The van der Waals surface area contributed by atoms with Crippen LogP contribution in [0.2, 0.25) is 0 Å². The number of nitrogens with one attached hydrogen (secondary N) is 1. The fourth-order valence-electron chi connectivity index (χ4n) is 1.39. The zero-order valence-corrected chi connectivity index (χ0v) is 15.4. The second-order valence-electron chi connectivity index (χ2n) is 5.54. The number of rotatable bonds is 8. The van der Waals surface area contributed by atoms with Gasteiger partial charge in [0.05, 0.1) is 40.5 Å². The van der Waals surface area contributed by atoms with E-state index in [1.54, 1.807) is 4.72 Å². The Kier molecular flexibility index (Phi) is 10.1. The third kappa shape index (κ3) is 12.0. The third-order valence-corrected chi connectivity index (χ3v) is 4.01. The van der Waals surface area contributed by atoms with Crippen molar-refractivity contribution in [2.75, 3.05) is 53.6 Å². The molecule has 1 rings (SSSR count). The quantitative estimate of drug-likeness (QED) is 0.502. The predicted molar refractivity (Wildman–Crippen MR) is 86.7 cm³/mol. The number of likely N-dealkylation sites (N-methyl/N-ethyl adjacent to an activating group) is 1. The molecule has 0 saturated heterocycles. The highest BCUT2D eigenvalue weighted by molar-refractivity contribution is 7.85. The molecular formula is C14H29N2O6S+. The Balaban J connectivity index is 0.000000433. The second-order valence-corrected chi connectivity index (χ2v) is 6.82. The first-order chi connectivity index (χ1) is 10.6. The summed E-state index contributed by atoms with van der Waals surface area (Å²) in [6.07, 6.45) is 1.06. The molecule has 0 bridgehead atoms. The summed E-state index contributed by atoms with van der Waals surface area (Å²) in [6.45, 7) is 10.8. The second kappa shape index (κ2) is 10.6. The Labute approximate surface area is 139 Å². The van der Waals surface area contributed by atoms with Crippen LogP contribution in [0.5, 0.6) is 0 Å². The van der Waals surface area contributed by atoms with Gasteiger partial charge in [-0.25, -0.2) is 4.72 Å². The summed E-state index contributed by atoms with van der Waals surface area (Å²) in [4.78, 5) is 10.4. The van der Waals surface area contributed by atoms with Crippen LogP contribution in [-0.2, 0) is 28.8 Å². The predicted octanol–water partition coefficient (Wildman–Crippen LogP) is 0.417. The van der Waals surface area contributed by atoms with Gasteiger partial charge in [0.25, 0.3) is 5.91 Å². The molecule has 0 fully saturated rings. The smallest absolute Gasteiger partial charge is 0.379 e. The molecule has 1 aliphatic rings. The van der Waals surface area contributed by atoms with Gasteiger partial charge in [-0.15, -0.1) is 0 Å². The summed E-state index contributed by atoms with van der Waals surface area (Å²) in [5, 5.41) is 0. The Morgan fingerprint density at radius 2 is 1.78 bits per heavy atom. The molecule has 1 amide bonds. The summed E-state index contributed by atoms with van der Waals surface area (Å²) in [6, 6.07) is 0. The fraction of sp³-hybridized carbons (Fsp3) is 0.786. The molecule has 1 heterocycles. The number of allylic oxidation sites excluding steroid dienone is 1. The van der Waals surface area contributed by atoms with Crippen molar-refractivity contribution < 1.29 is 31.4 Å². The lowest BCUT2D eigenvalue weighted by Crippen LogP contribution is -2.42. The number of amides is 1. The van der Waals surface area contributed by atoms with Crippen molar-refractivity contribution in [3.63, 3.8) is 0 Å². The van der Waals surface area contributed by atoms with Crippen molar-refractivity contribution in [1.29, 1.82) is 0 Å². The van der Waals surface area contributed by atoms with Gasteiger partial charge in [-0.2, -0.15) is 8.42 Å². The lowest BCUT2D eigenvalue weighted by molar-refractivity contribution is -0.888. The molecule has 0 saturated carbocycles. The topological polar surface area (TPSA) is 90.9 Å². The number of hydrogen-bond acceptors (Lipinski definition) is 6. The van der Waals surface area contributed by atoms with E-state index in [4.69, 9.17) is 9.47 Å². The minimum atomic E-state index is -3.85. The van der Waals surface area contributed by atoms with Gasteiger partial charge in [0.2, 0.25) is 0 Å². The summed E-state index contributed by atoms with van der Waals surface area (Å²) < 4.78 is 38.4. The molecule has 1 N–H and O–H groups in total. The Morgan fingerprint density at radius 1 is 1.17 bits per heavy atom. The van der Waals surface area contributed by atoms with Crippen LogP contribution in [0.3, 0.4) is 0 Å². The molecule has 0 aromatic carbocycles. The van der Waals surface area contributed by atoms with Gasteiger partial charge in [-0.1, -0.05) is 0 Å². The van der Waals surface area contributed by atoms with Crippen molar-refractivity contribution in [2.24, 2.45) is 0 Å². The zero-order valence-electron chi connectivity index (χ0n) is 14.6. The van der Waals surface area contributed by atoms with E-state index in [0.717, 1.165) is 50.1 Å². The molecule has 8 nitrogen and oxygen atoms in total. The molecule has 0 atom stereocenters. The van der Waals surface area contributed by atoms with Gasteiger partial charge in [0.15, 0.2) is 0 Å². The fourth-order valence-corrected chi connectivity index (χ4v) is 2.13. The maximum atomic E-state index is 10.5. The summed E-state index contributed by atoms with van der Waals surface area (Å²) in [5.41, 5.74) is 0. The Bertz CT molecular complexity index is 487. The number of nitrogens with zero attached hydrogens (tertiary/aromatic N) is 1. The third-order valence-electron chi connectivity index (χ3n) is 3.07. The minimum Gasteiger partial charge on any atom is -0.379 e. The molecule has 1 aliphatic heterocycles. The maximum Gasteiger partial charge on any atom is 0.409 e. The van der Waals surface area contributed by atoms with E-state index in [2.05, 4.69) is 25.2 Å². The molecule has 0 unspecified atom stereocenters. The van der Waals surface area contributed by atoms with E-state index in [1.807, 2.05) is 6.92 Å². The van der Waals surface area contributed by atoms with Crippen molar-refractivity contribution in [1.82, 2.24) is 4.72 Å². The summed E-state index contributed by atoms with van der Waals surface area (Å²) in [5.74, 6) is -0.604. The maximum absolute atomic E-state index is 10.5. The highest BCUT2D eigenvalue weighted by Crippen LogP contribution is 2.05. The molecular weight excluding hydrogens is 324 g/mol. The lowest BCUT2D eigenvalue weighted by Gasteiger charge is -2.27. The molecule has 0 radical (unpaired) electrons. The number of carbonyl (C=O) groups excluding carboxylic acids is 1. The average molecular weight is 353 g/mol. The Morgan fingerprint density at radius 3 is 2.26 bits per heavy atom. The first-order valence-corrected chi connectivity index (χ1v) is 8.94. The molecule has 0 aromatic rings. The van der Waals surface area contributed by atoms with Gasteiger partial charge in [-0.3, -0.25) is 4.79 Å². The zero-order chi connectivity index (χ0) is 17.9. The van der Waals surface area contributed by atoms with Crippen molar-refractivity contribution in [2.45, 2.75) is 20.8 Å². The molecule has 23 heavy (non-hydrogen) atoms. The number of hydrogen-bond donors (Lipinski definition) is 1. The Hall–Kier alpha value is -1.16. The monoisotopic (exact) mass is 353 g/mol. The van der Waals surface area contributed by atoms with Crippen LogP contribution in [0.4, 0.5) is 0 Å².